The van der Waals surface area contributed by atoms with E-state index in [1.807, 2.05) is 13.0 Å². The summed E-state index contributed by atoms with van der Waals surface area (Å²) in [5.74, 6) is 0.484. The van der Waals surface area contributed by atoms with Crippen molar-refractivity contribution in [2.75, 3.05) is 11.1 Å². The number of carbonyl (C=O) groups is 1. The average molecular weight is 191 g/mol. The van der Waals surface area contributed by atoms with Crippen LogP contribution in [0, 0.1) is 6.92 Å². The number of aromatic nitrogens is 3. The van der Waals surface area contributed by atoms with Gasteiger partial charge in [-0.05, 0) is 13.0 Å². The predicted molar refractivity (Wildman–Crippen MR) is 52.7 cm³/mol. The summed E-state index contributed by atoms with van der Waals surface area (Å²) in [5.41, 5.74) is 7.82. The summed E-state index contributed by atoms with van der Waals surface area (Å²) in [6, 6.07) is 1.83. The maximum Gasteiger partial charge on any atom is 0.212 e. The molecule has 0 spiro atoms. The molecule has 0 aliphatic carbocycles. The standard InChI is InChI=1S/C8H9N5O/c1-4-2-5-7(11-4)13-6(9)8(12-5)10-3-14/h2-3H,1H3,(H3,9,11,13)(H,10,12,14). The molecule has 2 heterocycles. The largest absolute Gasteiger partial charge is 0.381 e. The van der Waals surface area contributed by atoms with Crippen molar-refractivity contribution in [3.63, 3.8) is 0 Å². The maximum absolute atomic E-state index is 10.2. The molecule has 0 aromatic carbocycles. The second kappa shape index (κ2) is 2.99. The molecule has 6 nitrogen and oxygen atoms in total. The summed E-state index contributed by atoms with van der Waals surface area (Å²) in [4.78, 5) is 21.4. The van der Waals surface area contributed by atoms with Crippen LogP contribution in [-0.4, -0.2) is 21.4 Å². The first-order chi connectivity index (χ1) is 6.70. The van der Waals surface area contributed by atoms with Crippen LogP contribution in [0.4, 0.5) is 11.6 Å². The van der Waals surface area contributed by atoms with Crippen LogP contribution in [0.25, 0.3) is 11.2 Å². The molecule has 0 saturated heterocycles. The average Bonchev–Trinajstić information content (AvgIpc) is 2.45. The molecule has 1 amide bonds. The topological polar surface area (TPSA) is 96.7 Å². The molecule has 0 atom stereocenters. The fourth-order valence-corrected chi connectivity index (χ4v) is 1.24. The van der Waals surface area contributed by atoms with E-state index in [1.54, 1.807) is 0 Å². The molecule has 2 rings (SSSR count). The first kappa shape index (κ1) is 8.49. The van der Waals surface area contributed by atoms with E-state index < -0.39 is 0 Å². The van der Waals surface area contributed by atoms with Crippen LogP contribution in [-0.2, 0) is 4.79 Å². The van der Waals surface area contributed by atoms with Crippen molar-refractivity contribution in [3.8, 4) is 0 Å². The molecule has 0 aliphatic heterocycles. The van der Waals surface area contributed by atoms with E-state index in [0.717, 1.165) is 5.69 Å². The van der Waals surface area contributed by atoms with Crippen molar-refractivity contribution >= 4 is 29.2 Å². The second-order valence-electron chi connectivity index (χ2n) is 2.91. The van der Waals surface area contributed by atoms with Gasteiger partial charge in [0.1, 0.15) is 5.52 Å². The van der Waals surface area contributed by atoms with Gasteiger partial charge in [-0.2, -0.15) is 0 Å². The lowest BCUT2D eigenvalue weighted by molar-refractivity contribution is -0.105. The third kappa shape index (κ3) is 1.26. The van der Waals surface area contributed by atoms with E-state index in [-0.39, 0.29) is 11.6 Å². The van der Waals surface area contributed by atoms with Crippen molar-refractivity contribution in [2.24, 2.45) is 0 Å². The zero-order valence-electron chi connectivity index (χ0n) is 7.53. The molecular weight excluding hydrogens is 182 g/mol. The van der Waals surface area contributed by atoms with E-state index in [4.69, 9.17) is 5.73 Å². The molecule has 2 aromatic heterocycles. The number of nitrogens with one attached hydrogen (secondary N) is 2. The number of hydrogen-bond acceptors (Lipinski definition) is 4. The molecule has 2 aromatic rings. The van der Waals surface area contributed by atoms with Gasteiger partial charge < -0.3 is 16.0 Å². The normalized spacial score (nSPS) is 10.4. The van der Waals surface area contributed by atoms with E-state index in [2.05, 4.69) is 20.3 Å². The first-order valence-electron chi connectivity index (χ1n) is 4.03. The van der Waals surface area contributed by atoms with Crippen LogP contribution < -0.4 is 11.1 Å². The molecule has 14 heavy (non-hydrogen) atoms. The Morgan fingerprint density at radius 1 is 1.57 bits per heavy atom. The highest BCUT2D eigenvalue weighted by Gasteiger charge is 2.06. The van der Waals surface area contributed by atoms with Gasteiger partial charge in [0.25, 0.3) is 0 Å². The molecule has 6 heteroatoms. The maximum atomic E-state index is 10.2. The van der Waals surface area contributed by atoms with Gasteiger partial charge in [0, 0.05) is 5.69 Å². The van der Waals surface area contributed by atoms with E-state index >= 15 is 0 Å². The Labute approximate surface area is 79.5 Å². The minimum absolute atomic E-state index is 0.200. The lowest BCUT2D eigenvalue weighted by Gasteiger charge is -2.00. The highest BCUT2D eigenvalue weighted by atomic mass is 16.1. The van der Waals surface area contributed by atoms with Crippen LogP contribution in [0.5, 0.6) is 0 Å². The van der Waals surface area contributed by atoms with Crippen molar-refractivity contribution < 1.29 is 4.79 Å². The lowest BCUT2D eigenvalue weighted by atomic mass is 10.4. The highest BCUT2D eigenvalue weighted by Crippen LogP contribution is 2.18. The number of carbonyl (C=O) groups excluding carboxylic acids is 1. The second-order valence-corrected chi connectivity index (χ2v) is 2.91. The van der Waals surface area contributed by atoms with Gasteiger partial charge in [0.15, 0.2) is 17.3 Å². The third-order valence-electron chi connectivity index (χ3n) is 1.81. The number of aromatic amines is 1. The van der Waals surface area contributed by atoms with E-state index in [9.17, 15) is 4.79 Å². The highest BCUT2D eigenvalue weighted by molar-refractivity contribution is 5.82. The monoisotopic (exact) mass is 191 g/mol. The Bertz CT molecular complexity index is 490. The molecule has 4 N–H and O–H groups in total. The Kier molecular flexibility index (Phi) is 1.81. The van der Waals surface area contributed by atoms with Crippen LogP contribution >= 0.6 is 0 Å². The van der Waals surface area contributed by atoms with Crippen molar-refractivity contribution in [1.29, 1.82) is 0 Å². The summed E-state index contributed by atoms with van der Waals surface area (Å²) in [5, 5.41) is 2.38. The fourth-order valence-electron chi connectivity index (χ4n) is 1.24. The zero-order valence-corrected chi connectivity index (χ0v) is 7.53. The number of amides is 1. The number of aryl methyl sites for hydroxylation is 1. The fraction of sp³-hybridized carbons (Fsp3) is 0.125. The number of nitrogen functional groups attached to an aromatic ring is 1. The molecule has 0 saturated carbocycles. The Hall–Kier alpha value is -2.11. The van der Waals surface area contributed by atoms with Crippen molar-refractivity contribution in [1.82, 2.24) is 15.0 Å². The molecule has 0 bridgehead atoms. The Morgan fingerprint density at radius 3 is 3.07 bits per heavy atom. The van der Waals surface area contributed by atoms with Gasteiger partial charge in [-0.1, -0.05) is 0 Å². The Balaban J connectivity index is 2.63. The van der Waals surface area contributed by atoms with Gasteiger partial charge in [-0.25, -0.2) is 9.97 Å². The van der Waals surface area contributed by atoms with Crippen molar-refractivity contribution in [2.45, 2.75) is 6.92 Å². The molecule has 0 radical (unpaired) electrons. The summed E-state index contributed by atoms with van der Waals surface area (Å²) < 4.78 is 0. The lowest BCUT2D eigenvalue weighted by Crippen LogP contribution is -2.03. The third-order valence-corrected chi connectivity index (χ3v) is 1.81. The summed E-state index contributed by atoms with van der Waals surface area (Å²) in [6.07, 6.45) is 0.520. The zero-order chi connectivity index (χ0) is 10.1. The summed E-state index contributed by atoms with van der Waals surface area (Å²) in [6.45, 7) is 1.90. The first-order valence-corrected chi connectivity index (χ1v) is 4.03. The van der Waals surface area contributed by atoms with Crippen LogP contribution in [0.15, 0.2) is 6.07 Å². The number of rotatable bonds is 2. The van der Waals surface area contributed by atoms with Crippen LogP contribution in [0.2, 0.25) is 0 Å². The molecular formula is C8H9N5O. The number of H-pyrrole nitrogens is 1. The number of hydrogen-bond donors (Lipinski definition) is 3. The molecule has 0 aliphatic rings. The van der Waals surface area contributed by atoms with Crippen molar-refractivity contribution in [3.05, 3.63) is 11.8 Å². The molecule has 0 unspecified atom stereocenters. The quantitative estimate of drug-likeness (QED) is 0.599. The summed E-state index contributed by atoms with van der Waals surface area (Å²) in [7, 11) is 0. The van der Waals surface area contributed by atoms with Gasteiger partial charge in [0.2, 0.25) is 6.41 Å². The van der Waals surface area contributed by atoms with Gasteiger partial charge >= 0.3 is 0 Å². The smallest absolute Gasteiger partial charge is 0.212 e. The van der Waals surface area contributed by atoms with Gasteiger partial charge in [-0.3, -0.25) is 4.79 Å². The van der Waals surface area contributed by atoms with E-state index in [0.29, 0.717) is 17.6 Å². The van der Waals surface area contributed by atoms with E-state index in [1.165, 1.54) is 0 Å². The van der Waals surface area contributed by atoms with Gasteiger partial charge in [0.05, 0.1) is 0 Å². The molecule has 72 valence electrons. The number of nitrogens with zero attached hydrogens (tertiary/aromatic N) is 2. The van der Waals surface area contributed by atoms with Crippen LogP contribution in [0.1, 0.15) is 5.69 Å². The summed E-state index contributed by atoms with van der Waals surface area (Å²) >= 11 is 0. The Morgan fingerprint density at radius 2 is 2.36 bits per heavy atom. The number of anilines is 2. The predicted octanol–water partition coefficient (Wildman–Crippen LogP) is 0.417. The number of nitrogens with two attached hydrogens (primary N) is 1. The van der Waals surface area contributed by atoms with Gasteiger partial charge in [-0.15, -0.1) is 0 Å². The minimum atomic E-state index is 0.200. The SMILES string of the molecule is Cc1cc2nc(NC=O)c(N)nc2[nH]1. The van der Waals surface area contributed by atoms with Crippen LogP contribution in [0.3, 0.4) is 0 Å². The molecule has 0 fully saturated rings. The number of fused-ring (bicyclic) bond motifs is 1. The minimum Gasteiger partial charge on any atom is -0.381 e.